The second kappa shape index (κ2) is 7.77. The molecular weight excluding hydrogens is 346 g/mol. The fraction of sp³-hybridized carbons (Fsp3) is 0.529. The standard InChI is InChI=1S/C17H22BrNO3/c1-3-15-9-4-5-10-19(15)16(20)12(2)22-17(21)13-7-6-8-14(18)11-13/h6-8,11-12,15H,3-5,9-10H2,1-2H3. The van der Waals surface area contributed by atoms with Gasteiger partial charge in [0.15, 0.2) is 6.10 Å². The highest BCUT2D eigenvalue weighted by Gasteiger charge is 2.30. The zero-order chi connectivity index (χ0) is 16.1. The van der Waals surface area contributed by atoms with Crippen LogP contribution in [-0.4, -0.2) is 35.5 Å². The normalized spacial score (nSPS) is 19.6. The molecule has 0 aliphatic carbocycles. The molecule has 1 heterocycles. The van der Waals surface area contributed by atoms with Crippen LogP contribution in [-0.2, 0) is 9.53 Å². The van der Waals surface area contributed by atoms with Crippen LogP contribution in [0.3, 0.4) is 0 Å². The zero-order valence-electron chi connectivity index (χ0n) is 13.0. The molecule has 1 aromatic rings. The van der Waals surface area contributed by atoms with E-state index in [1.807, 2.05) is 11.0 Å². The Bertz CT molecular complexity index is 546. The molecule has 4 nitrogen and oxygen atoms in total. The Labute approximate surface area is 140 Å². The molecule has 0 spiro atoms. The highest BCUT2D eigenvalue weighted by molar-refractivity contribution is 9.10. The molecule has 1 fully saturated rings. The van der Waals surface area contributed by atoms with E-state index >= 15 is 0 Å². The van der Waals surface area contributed by atoms with E-state index in [4.69, 9.17) is 4.74 Å². The van der Waals surface area contributed by atoms with E-state index in [9.17, 15) is 9.59 Å². The number of nitrogens with zero attached hydrogens (tertiary/aromatic N) is 1. The molecule has 0 aromatic heterocycles. The van der Waals surface area contributed by atoms with Crippen molar-refractivity contribution in [1.82, 2.24) is 4.90 Å². The topological polar surface area (TPSA) is 46.6 Å². The van der Waals surface area contributed by atoms with E-state index in [1.165, 1.54) is 0 Å². The second-order valence-electron chi connectivity index (χ2n) is 5.65. The van der Waals surface area contributed by atoms with Crippen LogP contribution in [0, 0.1) is 0 Å². The van der Waals surface area contributed by atoms with Gasteiger partial charge in [-0.2, -0.15) is 0 Å². The summed E-state index contributed by atoms with van der Waals surface area (Å²) in [6, 6.07) is 7.25. The number of esters is 1. The second-order valence-corrected chi connectivity index (χ2v) is 6.56. The summed E-state index contributed by atoms with van der Waals surface area (Å²) in [6.45, 7) is 4.50. The third kappa shape index (κ3) is 4.09. The molecule has 1 amide bonds. The van der Waals surface area contributed by atoms with Crippen LogP contribution < -0.4 is 0 Å². The summed E-state index contributed by atoms with van der Waals surface area (Å²) >= 11 is 3.32. The number of hydrogen-bond acceptors (Lipinski definition) is 3. The van der Waals surface area contributed by atoms with E-state index in [0.29, 0.717) is 5.56 Å². The molecule has 22 heavy (non-hydrogen) atoms. The van der Waals surface area contributed by atoms with Crippen molar-refractivity contribution in [2.75, 3.05) is 6.54 Å². The van der Waals surface area contributed by atoms with Crippen molar-refractivity contribution < 1.29 is 14.3 Å². The number of ether oxygens (including phenoxy) is 1. The van der Waals surface area contributed by atoms with E-state index < -0.39 is 12.1 Å². The summed E-state index contributed by atoms with van der Waals surface area (Å²) in [7, 11) is 0. The summed E-state index contributed by atoms with van der Waals surface area (Å²) < 4.78 is 6.16. The van der Waals surface area contributed by atoms with Crippen LogP contribution in [0.5, 0.6) is 0 Å². The Morgan fingerprint density at radius 3 is 2.86 bits per heavy atom. The molecule has 0 N–H and O–H groups in total. The number of likely N-dealkylation sites (tertiary alicyclic amines) is 1. The summed E-state index contributed by atoms with van der Waals surface area (Å²) in [6.07, 6.45) is 3.41. The Morgan fingerprint density at radius 2 is 2.18 bits per heavy atom. The minimum atomic E-state index is -0.751. The highest BCUT2D eigenvalue weighted by atomic mass is 79.9. The minimum Gasteiger partial charge on any atom is -0.449 e. The van der Waals surface area contributed by atoms with Gasteiger partial charge in [0.1, 0.15) is 0 Å². The molecule has 1 aliphatic heterocycles. The molecule has 0 bridgehead atoms. The number of rotatable bonds is 4. The number of piperidine rings is 1. The Kier molecular flexibility index (Phi) is 6.00. The van der Waals surface area contributed by atoms with Crippen molar-refractivity contribution in [2.45, 2.75) is 51.7 Å². The Hall–Kier alpha value is -1.36. The molecule has 2 atom stereocenters. The number of benzene rings is 1. The average Bonchev–Trinajstić information content (AvgIpc) is 2.54. The summed E-state index contributed by atoms with van der Waals surface area (Å²) in [5.41, 5.74) is 0.444. The number of hydrogen-bond donors (Lipinski definition) is 0. The van der Waals surface area contributed by atoms with Crippen LogP contribution >= 0.6 is 15.9 Å². The lowest BCUT2D eigenvalue weighted by Crippen LogP contribution is -2.48. The van der Waals surface area contributed by atoms with Gasteiger partial charge in [-0.25, -0.2) is 4.79 Å². The van der Waals surface area contributed by atoms with E-state index in [1.54, 1.807) is 25.1 Å². The quantitative estimate of drug-likeness (QED) is 0.760. The fourth-order valence-corrected chi connectivity index (χ4v) is 3.24. The van der Waals surface area contributed by atoms with Gasteiger partial charge in [0.25, 0.3) is 5.91 Å². The molecule has 0 radical (unpaired) electrons. The first-order valence-corrected chi connectivity index (χ1v) is 8.59. The van der Waals surface area contributed by atoms with Crippen molar-refractivity contribution in [1.29, 1.82) is 0 Å². The Morgan fingerprint density at radius 1 is 1.41 bits per heavy atom. The Balaban J connectivity index is 2.00. The summed E-state index contributed by atoms with van der Waals surface area (Å²) in [5, 5.41) is 0. The third-order valence-electron chi connectivity index (χ3n) is 4.07. The van der Waals surface area contributed by atoms with Crippen molar-refractivity contribution in [3.8, 4) is 0 Å². The molecule has 2 unspecified atom stereocenters. The first kappa shape index (κ1) is 17.0. The van der Waals surface area contributed by atoms with E-state index in [0.717, 1.165) is 36.7 Å². The molecule has 1 saturated heterocycles. The van der Waals surface area contributed by atoms with Crippen molar-refractivity contribution in [3.63, 3.8) is 0 Å². The maximum Gasteiger partial charge on any atom is 0.338 e. The molecule has 1 aromatic carbocycles. The van der Waals surface area contributed by atoms with Gasteiger partial charge in [-0.05, 0) is 50.8 Å². The van der Waals surface area contributed by atoms with Gasteiger partial charge < -0.3 is 9.64 Å². The molecule has 0 saturated carbocycles. The first-order valence-electron chi connectivity index (χ1n) is 7.80. The van der Waals surface area contributed by atoms with Gasteiger partial charge in [0, 0.05) is 17.1 Å². The highest BCUT2D eigenvalue weighted by Crippen LogP contribution is 2.21. The van der Waals surface area contributed by atoms with E-state index in [-0.39, 0.29) is 11.9 Å². The predicted molar refractivity (Wildman–Crippen MR) is 88.7 cm³/mol. The zero-order valence-corrected chi connectivity index (χ0v) is 14.6. The SMILES string of the molecule is CCC1CCCCN1C(=O)C(C)OC(=O)c1cccc(Br)c1. The van der Waals surface area contributed by atoms with E-state index in [2.05, 4.69) is 22.9 Å². The van der Waals surface area contributed by atoms with Crippen molar-refractivity contribution >= 4 is 27.8 Å². The summed E-state index contributed by atoms with van der Waals surface area (Å²) in [4.78, 5) is 26.5. The lowest BCUT2D eigenvalue weighted by atomic mass is 9.99. The number of carbonyl (C=O) groups excluding carboxylic acids is 2. The van der Waals surface area contributed by atoms with Crippen LogP contribution in [0.15, 0.2) is 28.7 Å². The molecule has 1 aliphatic rings. The van der Waals surface area contributed by atoms with Crippen LogP contribution in [0.25, 0.3) is 0 Å². The van der Waals surface area contributed by atoms with Crippen LogP contribution in [0.2, 0.25) is 0 Å². The van der Waals surface area contributed by atoms with Crippen molar-refractivity contribution in [2.24, 2.45) is 0 Å². The van der Waals surface area contributed by atoms with Crippen LogP contribution in [0.4, 0.5) is 0 Å². The van der Waals surface area contributed by atoms with Gasteiger partial charge in [-0.1, -0.05) is 28.9 Å². The largest absolute Gasteiger partial charge is 0.449 e. The average molecular weight is 368 g/mol. The minimum absolute atomic E-state index is 0.0881. The first-order chi connectivity index (χ1) is 10.5. The molecule has 120 valence electrons. The molecular formula is C17H22BrNO3. The summed E-state index contributed by atoms with van der Waals surface area (Å²) in [5.74, 6) is -0.554. The smallest absolute Gasteiger partial charge is 0.338 e. The number of amides is 1. The molecule has 2 rings (SSSR count). The third-order valence-corrected chi connectivity index (χ3v) is 4.57. The van der Waals surface area contributed by atoms with Gasteiger partial charge in [0.2, 0.25) is 0 Å². The number of carbonyl (C=O) groups is 2. The fourth-order valence-electron chi connectivity index (χ4n) is 2.84. The predicted octanol–water partition coefficient (Wildman–Crippen LogP) is 3.79. The number of halogens is 1. The van der Waals surface area contributed by atoms with Gasteiger partial charge in [-0.3, -0.25) is 4.79 Å². The lowest BCUT2D eigenvalue weighted by Gasteiger charge is -2.36. The van der Waals surface area contributed by atoms with Crippen molar-refractivity contribution in [3.05, 3.63) is 34.3 Å². The van der Waals surface area contributed by atoms with Gasteiger partial charge in [-0.15, -0.1) is 0 Å². The maximum atomic E-state index is 12.5. The van der Waals surface area contributed by atoms with Gasteiger partial charge in [0.05, 0.1) is 5.56 Å². The molecule has 5 heteroatoms. The lowest BCUT2D eigenvalue weighted by molar-refractivity contribution is -0.143. The van der Waals surface area contributed by atoms with Crippen LogP contribution in [0.1, 0.15) is 49.9 Å². The maximum absolute atomic E-state index is 12.5. The monoisotopic (exact) mass is 367 g/mol. The van der Waals surface area contributed by atoms with Gasteiger partial charge >= 0.3 is 5.97 Å².